The molecule has 0 atom stereocenters. The zero-order valence-corrected chi connectivity index (χ0v) is 11.7. The summed E-state index contributed by atoms with van der Waals surface area (Å²) in [6.07, 6.45) is 5.24. The van der Waals surface area contributed by atoms with Gasteiger partial charge in [0.2, 0.25) is 5.91 Å². The Hall–Kier alpha value is -1.77. The lowest BCUT2D eigenvalue weighted by molar-refractivity contribution is -0.126. The number of methoxy groups -OCH3 is 1. The van der Waals surface area contributed by atoms with Crippen LogP contribution in [0, 0.1) is 0 Å². The van der Waals surface area contributed by atoms with E-state index in [4.69, 9.17) is 4.74 Å². The normalized spacial score (nSPS) is 16.3. The molecule has 102 valence electrons. The summed E-state index contributed by atoms with van der Waals surface area (Å²) in [5.74, 6) is 0.965. The molecule has 1 aliphatic rings. The van der Waals surface area contributed by atoms with Gasteiger partial charge < -0.3 is 9.64 Å². The van der Waals surface area contributed by atoms with Crippen molar-refractivity contribution >= 4 is 11.5 Å². The highest BCUT2D eigenvalue weighted by molar-refractivity contribution is 5.94. The van der Waals surface area contributed by atoms with Crippen LogP contribution in [0.15, 0.2) is 30.3 Å². The largest absolute Gasteiger partial charge is 0.497 e. The van der Waals surface area contributed by atoms with Crippen LogP contribution in [0.25, 0.3) is 5.57 Å². The van der Waals surface area contributed by atoms with Crippen LogP contribution in [0.1, 0.15) is 31.7 Å². The average molecular weight is 259 g/mol. The van der Waals surface area contributed by atoms with Crippen molar-refractivity contribution in [3.63, 3.8) is 0 Å². The van der Waals surface area contributed by atoms with Crippen LogP contribution in [0.4, 0.5) is 0 Å². The van der Waals surface area contributed by atoms with Crippen molar-refractivity contribution in [1.29, 1.82) is 0 Å². The van der Waals surface area contributed by atoms with E-state index in [2.05, 4.69) is 0 Å². The lowest BCUT2D eigenvalue weighted by atomic mass is 10.1. The monoisotopic (exact) mass is 259 g/mol. The highest BCUT2D eigenvalue weighted by atomic mass is 16.5. The standard InChI is InChI=1S/C16H21NO2/c1-13(14-6-8-15(19-2)9-7-14)12-16(18)17-10-4-3-5-11-17/h6-9,12H,3-5,10-11H2,1-2H3. The summed E-state index contributed by atoms with van der Waals surface area (Å²) >= 11 is 0. The van der Waals surface area contributed by atoms with Gasteiger partial charge in [-0.25, -0.2) is 0 Å². The Morgan fingerprint density at radius 3 is 2.37 bits per heavy atom. The molecule has 2 rings (SSSR count). The molecule has 0 radical (unpaired) electrons. The van der Waals surface area contributed by atoms with Crippen LogP contribution in [0.2, 0.25) is 0 Å². The van der Waals surface area contributed by atoms with Crippen molar-refractivity contribution in [2.75, 3.05) is 20.2 Å². The number of nitrogens with zero attached hydrogens (tertiary/aromatic N) is 1. The average Bonchev–Trinajstić information content (AvgIpc) is 2.48. The molecule has 0 unspecified atom stereocenters. The Bertz CT molecular complexity index is 456. The van der Waals surface area contributed by atoms with Gasteiger partial charge in [0.05, 0.1) is 7.11 Å². The zero-order valence-electron chi connectivity index (χ0n) is 11.7. The number of amides is 1. The Kier molecular flexibility index (Phi) is 4.61. The zero-order chi connectivity index (χ0) is 13.7. The summed E-state index contributed by atoms with van der Waals surface area (Å²) in [7, 11) is 1.65. The van der Waals surface area contributed by atoms with Gasteiger partial charge in [-0.3, -0.25) is 4.79 Å². The van der Waals surface area contributed by atoms with E-state index in [1.807, 2.05) is 36.1 Å². The van der Waals surface area contributed by atoms with Crippen molar-refractivity contribution in [2.45, 2.75) is 26.2 Å². The molecule has 19 heavy (non-hydrogen) atoms. The van der Waals surface area contributed by atoms with Crippen LogP contribution >= 0.6 is 0 Å². The number of carbonyl (C=O) groups excluding carboxylic acids is 1. The summed E-state index contributed by atoms with van der Waals surface area (Å²) in [5.41, 5.74) is 2.06. The van der Waals surface area contributed by atoms with Crippen molar-refractivity contribution < 1.29 is 9.53 Å². The molecular formula is C16H21NO2. The van der Waals surface area contributed by atoms with Crippen molar-refractivity contribution in [3.8, 4) is 5.75 Å². The summed E-state index contributed by atoms with van der Waals surface area (Å²) < 4.78 is 5.13. The van der Waals surface area contributed by atoms with Crippen LogP contribution in [0.5, 0.6) is 5.75 Å². The van der Waals surface area contributed by atoms with Gasteiger partial charge in [-0.15, -0.1) is 0 Å². The molecule has 1 aromatic rings. The fraction of sp³-hybridized carbons (Fsp3) is 0.438. The Labute approximate surface area is 114 Å². The third-order valence-electron chi connectivity index (χ3n) is 3.55. The Morgan fingerprint density at radius 2 is 1.79 bits per heavy atom. The third kappa shape index (κ3) is 3.60. The second-order valence-corrected chi connectivity index (χ2v) is 4.94. The Balaban J connectivity index is 2.06. The molecule has 1 saturated heterocycles. The fourth-order valence-electron chi connectivity index (χ4n) is 2.33. The highest BCUT2D eigenvalue weighted by Gasteiger charge is 2.14. The first-order chi connectivity index (χ1) is 9.20. The summed E-state index contributed by atoms with van der Waals surface area (Å²) in [5, 5.41) is 0. The molecular weight excluding hydrogens is 238 g/mol. The second kappa shape index (κ2) is 6.41. The molecule has 0 bridgehead atoms. The smallest absolute Gasteiger partial charge is 0.246 e. The maximum absolute atomic E-state index is 12.1. The fourth-order valence-corrected chi connectivity index (χ4v) is 2.33. The quantitative estimate of drug-likeness (QED) is 0.781. The van der Waals surface area contributed by atoms with E-state index in [0.717, 1.165) is 42.8 Å². The number of hydrogen-bond donors (Lipinski definition) is 0. The number of carbonyl (C=O) groups is 1. The number of likely N-dealkylation sites (tertiary alicyclic amines) is 1. The second-order valence-electron chi connectivity index (χ2n) is 4.94. The van der Waals surface area contributed by atoms with E-state index >= 15 is 0 Å². The summed E-state index contributed by atoms with van der Waals surface area (Å²) in [6, 6.07) is 7.79. The predicted octanol–water partition coefficient (Wildman–Crippen LogP) is 3.11. The lowest BCUT2D eigenvalue weighted by Crippen LogP contribution is -2.34. The maximum Gasteiger partial charge on any atom is 0.246 e. The molecule has 0 saturated carbocycles. The highest BCUT2D eigenvalue weighted by Crippen LogP contribution is 2.19. The molecule has 1 aliphatic heterocycles. The molecule has 1 heterocycles. The molecule has 3 heteroatoms. The van der Waals surface area contributed by atoms with E-state index in [1.165, 1.54) is 6.42 Å². The number of hydrogen-bond acceptors (Lipinski definition) is 2. The minimum Gasteiger partial charge on any atom is -0.497 e. The van der Waals surface area contributed by atoms with E-state index < -0.39 is 0 Å². The van der Waals surface area contributed by atoms with Gasteiger partial charge in [-0.1, -0.05) is 12.1 Å². The molecule has 0 N–H and O–H groups in total. The molecule has 1 fully saturated rings. The first-order valence-corrected chi connectivity index (χ1v) is 6.82. The van der Waals surface area contributed by atoms with Crippen LogP contribution in [-0.2, 0) is 4.79 Å². The SMILES string of the molecule is COc1ccc(C(C)=CC(=O)N2CCCCC2)cc1. The molecule has 0 aromatic heterocycles. The third-order valence-corrected chi connectivity index (χ3v) is 3.55. The number of rotatable bonds is 3. The number of piperidine rings is 1. The van der Waals surface area contributed by atoms with E-state index in [0.29, 0.717) is 0 Å². The van der Waals surface area contributed by atoms with E-state index in [-0.39, 0.29) is 5.91 Å². The first kappa shape index (κ1) is 13.7. The molecule has 1 aromatic carbocycles. The van der Waals surface area contributed by atoms with E-state index in [1.54, 1.807) is 13.2 Å². The van der Waals surface area contributed by atoms with Gasteiger partial charge in [-0.05, 0) is 49.5 Å². The number of benzene rings is 1. The topological polar surface area (TPSA) is 29.5 Å². The maximum atomic E-state index is 12.1. The van der Waals surface area contributed by atoms with Gasteiger partial charge in [0.15, 0.2) is 0 Å². The molecule has 1 amide bonds. The van der Waals surface area contributed by atoms with Crippen molar-refractivity contribution in [2.24, 2.45) is 0 Å². The number of ether oxygens (including phenoxy) is 1. The van der Waals surface area contributed by atoms with Crippen molar-refractivity contribution in [3.05, 3.63) is 35.9 Å². The van der Waals surface area contributed by atoms with Gasteiger partial charge in [0.1, 0.15) is 5.75 Å². The first-order valence-electron chi connectivity index (χ1n) is 6.82. The molecule has 0 aliphatic carbocycles. The minimum absolute atomic E-state index is 0.132. The summed E-state index contributed by atoms with van der Waals surface area (Å²) in [6.45, 7) is 3.76. The molecule has 0 spiro atoms. The predicted molar refractivity (Wildman–Crippen MR) is 77.1 cm³/mol. The van der Waals surface area contributed by atoms with Gasteiger partial charge in [0, 0.05) is 19.2 Å². The van der Waals surface area contributed by atoms with Gasteiger partial charge in [-0.2, -0.15) is 0 Å². The van der Waals surface area contributed by atoms with Crippen molar-refractivity contribution in [1.82, 2.24) is 4.90 Å². The number of allylic oxidation sites excluding steroid dienone is 1. The lowest BCUT2D eigenvalue weighted by Gasteiger charge is -2.25. The van der Waals surface area contributed by atoms with Gasteiger partial charge in [0.25, 0.3) is 0 Å². The van der Waals surface area contributed by atoms with Gasteiger partial charge >= 0.3 is 0 Å². The van der Waals surface area contributed by atoms with Crippen LogP contribution < -0.4 is 4.74 Å². The van der Waals surface area contributed by atoms with Crippen LogP contribution in [-0.4, -0.2) is 31.0 Å². The Morgan fingerprint density at radius 1 is 1.16 bits per heavy atom. The van der Waals surface area contributed by atoms with Crippen LogP contribution in [0.3, 0.4) is 0 Å². The molecule has 3 nitrogen and oxygen atoms in total. The minimum atomic E-state index is 0.132. The van der Waals surface area contributed by atoms with E-state index in [9.17, 15) is 4.79 Å². The summed E-state index contributed by atoms with van der Waals surface area (Å²) in [4.78, 5) is 14.1.